The molecule has 4 nitrogen and oxygen atoms in total. The lowest BCUT2D eigenvalue weighted by Crippen LogP contribution is -2.39. The summed E-state index contributed by atoms with van der Waals surface area (Å²) in [5.74, 6) is 0.811. The molecule has 0 unspecified atom stereocenters. The maximum atomic E-state index is 13.4. The summed E-state index contributed by atoms with van der Waals surface area (Å²) < 4.78 is 15.1. The van der Waals surface area contributed by atoms with Crippen LogP contribution >= 0.6 is 11.8 Å². The van der Waals surface area contributed by atoms with Crippen LogP contribution in [0.25, 0.3) is 10.8 Å². The number of piperidine rings is 1. The zero-order valence-corrected chi connectivity index (χ0v) is 19.9. The molecular weight excluding hydrogens is 445 g/mol. The Bertz CT molecular complexity index is 1300. The van der Waals surface area contributed by atoms with Crippen LogP contribution in [-0.4, -0.2) is 40.1 Å². The molecule has 34 heavy (non-hydrogen) atoms. The number of hydrogen-bond donors (Lipinski definition) is 0. The van der Waals surface area contributed by atoms with Gasteiger partial charge in [0.15, 0.2) is 0 Å². The average Bonchev–Trinajstić information content (AvgIpc) is 2.88. The third-order valence-electron chi connectivity index (χ3n) is 6.51. The van der Waals surface area contributed by atoms with E-state index in [-0.39, 0.29) is 17.4 Å². The first kappa shape index (κ1) is 22.8. The zero-order valence-electron chi connectivity index (χ0n) is 19.1. The van der Waals surface area contributed by atoms with Gasteiger partial charge in [0.2, 0.25) is 0 Å². The van der Waals surface area contributed by atoms with Gasteiger partial charge >= 0.3 is 0 Å². The van der Waals surface area contributed by atoms with Gasteiger partial charge in [-0.2, -0.15) is 5.10 Å². The van der Waals surface area contributed by atoms with E-state index >= 15 is 0 Å². The van der Waals surface area contributed by atoms with Crippen LogP contribution < -0.4 is 5.56 Å². The first-order chi connectivity index (χ1) is 16.7. The Morgan fingerprint density at radius 1 is 0.882 bits per heavy atom. The largest absolute Gasteiger partial charge is 0.302 e. The highest BCUT2D eigenvalue weighted by Gasteiger charge is 2.23. The minimum atomic E-state index is -0.250. The second-order valence-electron chi connectivity index (χ2n) is 8.78. The monoisotopic (exact) mass is 473 g/mol. The van der Waals surface area contributed by atoms with Gasteiger partial charge in [0, 0.05) is 42.1 Å². The summed E-state index contributed by atoms with van der Waals surface area (Å²) in [5, 5.41) is 6.44. The number of aromatic nitrogens is 2. The fraction of sp³-hybridized carbons (Fsp3) is 0.286. The fourth-order valence-electron chi connectivity index (χ4n) is 4.64. The third kappa shape index (κ3) is 5.24. The highest BCUT2D eigenvalue weighted by molar-refractivity contribution is 7.99. The molecule has 1 aromatic heterocycles. The number of fused-ring (bicyclic) bond motifs is 1. The molecule has 0 radical (unpaired) electrons. The normalized spacial score (nSPS) is 15.1. The van der Waals surface area contributed by atoms with Crippen LogP contribution in [0.4, 0.5) is 4.39 Å². The summed E-state index contributed by atoms with van der Waals surface area (Å²) >= 11 is 1.89. The molecule has 1 fully saturated rings. The van der Waals surface area contributed by atoms with Gasteiger partial charge in [-0.1, -0.05) is 48.5 Å². The molecule has 0 saturated carbocycles. The number of likely N-dealkylation sites (tertiary alicyclic amines) is 1. The molecule has 0 atom stereocenters. The number of nitrogens with zero attached hydrogens (tertiary/aromatic N) is 3. The number of hydrogen-bond acceptors (Lipinski definition) is 4. The summed E-state index contributed by atoms with van der Waals surface area (Å²) in [4.78, 5) is 17.1. The van der Waals surface area contributed by atoms with Crippen LogP contribution in [0.2, 0.25) is 0 Å². The quantitative estimate of drug-likeness (QED) is 0.330. The van der Waals surface area contributed by atoms with E-state index in [2.05, 4.69) is 29.2 Å². The molecule has 6 heteroatoms. The second-order valence-corrected chi connectivity index (χ2v) is 9.95. The van der Waals surface area contributed by atoms with E-state index < -0.39 is 0 Å². The van der Waals surface area contributed by atoms with Gasteiger partial charge in [0.25, 0.3) is 5.56 Å². The maximum Gasteiger partial charge on any atom is 0.274 e. The Balaban J connectivity index is 1.30. The molecule has 1 aliphatic heterocycles. The Kier molecular flexibility index (Phi) is 7.07. The van der Waals surface area contributed by atoms with Crippen molar-refractivity contribution in [2.75, 3.05) is 25.4 Å². The van der Waals surface area contributed by atoms with Crippen molar-refractivity contribution in [2.24, 2.45) is 0 Å². The smallest absolute Gasteiger partial charge is 0.274 e. The van der Waals surface area contributed by atoms with Gasteiger partial charge in [0.1, 0.15) is 5.82 Å². The summed E-state index contributed by atoms with van der Waals surface area (Å²) in [6.45, 7) is 2.98. The molecule has 2 heterocycles. The minimum Gasteiger partial charge on any atom is -0.302 e. The summed E-state index contributed by atoms with van der Waals surface area (Å²) in [5.41, 5.74) is 1.83. The van der Waals surface area contributed by atoms with Gasteiger partial charge < -0.3 is 4.90 Å². The Morgan fingerprint density at radius 2 is 1.56 bits per heavy atom. The van der Waals surface area contributed by atoms with Gasteiger partial charge in [-0.05, 0) is 48.7 Å². The van der Waals surface area contributed by atoms with E-state index in [1.54, 1.807) is 16.8 Å². The zero-order chi connectivity index (χ0) is 23.3. The Hall–Kier alpha value is -2.96. The Labute approximate surface area is 203 Å². The highest BCUT2D eigenvalue weighted by atomic mass is 32.2. The summed E-state index contributed by atoms with van der Waals surface area (Å²) in [6.07, 6.45) is 2.39. The first-order valence-electron chi connectivity index (χ1n) is 11.8. The van der Waals surface area contributed by atoms with Crippen LogP contribution in [-0.2, 0) is 6.42 Å². The maximum absolute atomic E-state index is 13.4. The molecule has 5 rings (SSSR count). The lowest BCUT2D eigenvalue weighted by Gasteiger charge is -2.32. The van der Waals surface area contributed by atoms with Crippen molar-refractivity contribution in [3.8, 4) is 0 Å². The molecule has 0 amide bonds. The molecule has 174 valence electrons. The van der Waals surface area contributed by atoms with Crippen molar-refractivity contribution in [1.29, 1.82) is 0 Å². The lowest BCUT2D eigenvalue weighted by atomic mass is 10.0. The molecule has 1 aliphatic rings. The number of rotatable bonds is 7. The van der Waals surface area contributed by atoms with Gasteiger partial charge in [-0.15, -0.1) is 11.8 Å². The van der Waals surface area contributed by atoms with E-state index in [0.29, 0.717) is 11.8 Å². The van der Waals surface area contributed by atoms with Crippen molar-refractivity contribution in [3.63, 3.8) is 0 Å². The minimum absolute atomic E-state index is 0.0171. The van der Waals surface area contributed by atoms with Crippen molar-refractivity contribution >= 4 is 22.5 Å². The van der Waals surface area contributed by atoms with Crippen LogP contribution in [0.5, 0.6) is 0 Å². The van der Waals surface area contributed by atoms with E-state index in [9.17, 15) is 9.18 Å². The van der Waals surface area contributed by atoms with E-state index in [0.717, 1.165) is 54.9 Å². The van der Waals surface area contributed by atoms with Crippen LogP contribution in [0.1, 0.15) is 30.1 Å². The SMILES string of the molecule is O=c1c2ccccc2c(Cc2ccc(F)cc2)nn1C1CCN(CCSc2ccccc2)CC1. The van der Waals surface area contributed by atoms with E-state index in [4.69, 9.17) is 5.10 Å². The molecule has 0 N–H and O–H groups in total. The van der Waals surface area contributed by atoms with Crippen LogP contribution in [0.15, 0.2) is 88.6 Å². The standard InChI is InChI=1S/C28H28FN3OS/c29-22-12-10-21(11-13-22)20-27-25-8-4-5-9-26(25)28(33)32(30-27)23-14-16-31(17-15-23)18-19-34-24-6-2-1-3-7-24/h1-13,23H,14-20H2. The van der Waals surface area contributed by atoms with Crippen molar-refractivity contribution in [3.05, 3.63) is 106 Å². The highest BCUT2D eigenvalue weighted by Crippen LogP contribution is 2.24. The Morgan fingerprint density at radius 3 is 2.29 bits per heavy atom. The average molecular weight is 474 g/mol. The summed E-state index contributed by atoms with van der Waals surface area (Å²) in [7, 11) is 0. The second kappa shape index (κ2) is 10.5. The molecule has 1 saturated heterocycles. The van der Waals surface area contributed by atoms with Crippen molar-refractivity contribution < 1.29 is 4.39 Å². The molecular formula is C28H28FN3OS. The summed E-state index contributed by atoms with van der Waals surface area (Å²) in [6, 6.07) is 24.8. The van der Waals surface area contributed by atoms with Gasteiger partial charge in [-0.3, -0.25) is 4.79 Å². The third-order valence-corrected chi connectivity index (χ3v) is 7.50. The number of halogens is 1. The molecule has 0 spiro atoms. The molecule has 4 aromatic rings. The topological polar surface area (TPSA) is 38.1 Å². The van der Waals surface area contributed by atoms with Gasteiger partial charge in [0.05, 0.1) is 17.1 Å². The molecule has 3 aromatic carbocycles. The lowest BCUT2D eigenvalue weighted by molar-refractivity contribution is 0.185. The molecule has 0 aliphatic carbocycles. The first-order valence-corrected chi connectivity index (χ1v) is 12.8. The van der Waals surface area contributed by atoms with Gasteiger partial charge in [-0.25, -0.2) is 9.07 Å². The van der Waals surface area contributed by atoms with E-state index in [1.165, 1.54) is 17.0 Å². The number of benzene rings is 3. The number of thioether (sulfide) groups is 1. The van der Waals surface area contributed by atoms with Crippen molar-refractivity contribution in [2.45, 2.75) is 30.2 Å². The van der Waals surface area contributed by atoms with E-state index in [1.807, 2.05) is 42.1 Å². The molecule has 0 bridgehead atoms. The fourth-order valence-corrected chi connectivity index (χ4v) is 5.58. The predicted molar refractivity (Wildman–Crippen MR) is 137 cm³/mol. The van der Waals surface area contributed by atoms with Crippen LogP contribution in [0.3, 0.4) is 0 Å². The van der Waals surface area contributed by atoms with Crippen LogP contribution in [0, 0.1) is 5.82 Å². The van der Waals surface area contributed by atoms with Crippen molar-refractivity contribution in [1.82, 2.24) is 14.7 Å². The predicted octanol–water partition coefficient (Wildman–Crippen LogP) is 5.56.